The van der Waals surface area contributed by atoms with Gasteiger partial charge in [-0.05, 0) is 59.1 Å². The fourth-order valence-electron chi connectivity index (χ4n) is 1.90. The molecule has 1 saturated carbocycles. The molecule has 2 aromatic rings. The Kier molecular flexibility index (Phi) is 3.52. The van der Waals surface area contributed by atoms with Gasteiger partial charge in [0, 0.05) is 4.90 Å². The zero-order valence-electron chi connectivity index (χ0n) is 10.7. The van der Waals surface area contributed by atoms with Gasteiger partial charge in [0.25, 0.3) is 0 Å². The predicted octanol–water partition coefficient (Wildman–Crippen LogP) is 2.60. The number of hydrogen-bond acceptors (Lipinski definition) is 5. The second kappa shape index (κ2) is 5.30. The van der Waals surface area contributed by atoms with Gasteiger partial charge in [0.1, 0.15) is 0 Å². The van der Waals surface area contributed by atoms with Crippen molar-refractivity contribution in [3.05, 3.63) is 29.8 Å². The molecule has 1 atom stereocenters. The Hall–Kier alpha value is -1.40. The topological polar surface area (TPSA) is 63.8 Å². The summed E-state index contributed by atoms with van der Waals surface area (Å²) >= 11 is 1.56. The predicted molar refractivity (Wildman–Crippen MR) is 71.9 cm³/mol. The van der Waals surface area contributed by atoms with E-state index in [1.165, 1.54) is 12.8 Å². The third kappa shape index (κ3) is 2.79. The van der Waals surface area contributed by atoms with Gasteiger partial charge in [-0.1, -0.05) is 19.1 Å². The van der Waals surface area contributed by atoms with Crippen molar-refractivity contribution < 1.29 is 5.11 Å². The fourth-order valence-corrected chi connectivity index (χ4v) is 2.74. The summed E-state index contributed by atoms with van der Waals surface area (Å²) < 4.78 is 1.90. The normalized spacial score (nSPS) is 16.5. The third-order valence-electron chi connectivity index (χ3n) is 3.22. The van der Waals surface area contributed by atoms with Gasteiger partial charge in [-0.3, -0.25) is 0 Å². The molecular formula is C13H16N4OS. The third-order valence-corrected chi connectivity index (χ3v) is 4.18. The van der Waals surface area contributed by atoms with Crippen LogP contribution in [0.3, 0.4) is 0 Å². The molecule has 3 rings (SSSR count). The Bertz CT molecular complexity index is 550. The molecule has 0 spiro atoms. The lowest BCUT2D eigenvalue weighted by Gasteiger charge is -2.08. The van der Waals surface area contributed by atoms with Crippen LogP contribution in [0.15, 0.2) is 34.3 Å². The van der Waals surface area contributed by atoms with E-state index in [9.17, 15) is 5.11 Å². The van der Waals surface area contributed by atoms with Crippen LogP contribution < -0.4 is 0 Å². The molecule has 1 N–H and O–H groups in total. The second-order valence-electron chi connectivity index (χ2n) is 4.73. The molecule has 5 nitrogen and oxygen atoms in total. The van der Waals surface area contributed by atoms with Crippen molar-refractivity contribution in [1.29, 1.82) is 0 Å². The minimum Gasteiger partial charge on any atom is -0.388 e. The molecule has 1 aliphatic rings. The number of hydrogen-bond donors (Lipinski definition) is 1. The highest BCUT2D eigenvalue weighted by atomic mass is 32.2. The zero-order valence-corrected chi connectivity index (χ0v) is 11.5. The van der Waals surface area contributed by atoms with Crippen molar-refractivity contribution in [2.45, 2.75) is 48.4 Å². The van der Waals surface area contributed by atoms with Crippen LogP contribution in [-0.2, 0) is 0 Å². The SMILES string of the molecule is CCC(O)c1ccc(Sc2nnnn2C2CC2)cc1. The molecule has 0 amide bonds. The van der Waals surface area contributed by atoms with Crippen molar-refractivity contribution in [3.8, 4) is 0 Å². The Morgan fingerprint density at radius 2 is 2.11 bits per heavy atom. The molecule has 1 unspecified atom stereocenters. The lowest BCUT2D eigenvalue weighted by Crippen LogP contribution is -1.98. The molecule has 6 heteroatoms. The summed E-state index contributed by atoms with van der Waals surface area (Å²) in [6.07, 6.45) is 2.68. The van der Waals surface area contributed by atoms with Crippen LogP contribution in [0.25, 0.3) is 0 Å². The number of nitrogens with zero attached hydrogens (tertiary/aromatic N) is 4. The number of tetrazole rings is 1. The molecule has 0 radical (unpaired) electrons. The van der Waals surface area contributed by atoms with Gasteiger partial charge in [0.15, 0.2) is 0 Å². The van der Waals surface area contributed by atoms with Crippen LogP contribution >= 0.6 is 11.8 Å². The van der Waals surface area contributed by atoms with E-state index in [1.54, 1.807) is 11.8 Å². The van der Waals surface area contributed by atoms with E-state index in [0.29, 0.717) is 6.04 Å². The monoisotopic (exact) mass is 276 g/mol. The Morgan fingerprint density at radius 3 is 2.74 bits per heavy atom. The lowest BCUT2D eigenvalue weighted by molar-refractivity contribution is 0.173. The first-order valence-electron chi connectivity index (χ1n) is 6.51. The highest BCUT2D eigenvalue weighted by Crippen LogP contribution is 2.38. The van der Waals surface area contributed by atoms with E-state index >= 15 is 0 Å². The van der Waals surface area contributed by atoms with E-state index in [4.69, 9.17) is 0 Å². The van der Waals surface area contributed by atoms with Crippen molar-refractivity contribution >= 4 is 11.8 Å². The number of aliphatic hydroxyl groups is 1. The maximum Gasteiger partial charge on any atom is 0.214 e. The average molecular weight is 276 g/mol. The Labute approximate surface area is 116 Å². The number of aromatic nitrogens is 4. The van der Waals surface area contributed by atoms with E-state index in [1.807, 2.05) is 35.9 Å². The van der Waals surface area contributed by atoms with Gasteiger partial charge in [-0.25, -0.2) is 4.68 Å². The zero-order chi connectivity index (χ0) is 13.2. The summed E-state index contributed by atoms with van der Waals surface area (Å²) in [6, 6.07) is 8.41. The van der Waals surface area contributed by atoms with E-state index in [0.717, 1.165) is 22.0 Å². The largest absolute Gasteiger partial charge is 0.388 e. The van der Waals surface area contributed by atoms with Crippen molar-refractivity contribution in [2.75, 3.05) is 0 Å². The van der Waals surface area contributed by atoms with Crippen LogP contribution in [-0.4, -0.2) is 25.3 Å². The van der Waals surface area contributed by atoms with Gasteiger partial charge in [0.2, 0.25) is 5.16 Å². The minimum atomic E-state index is -0.379. The van der Waals surface area contributed by atoms with Gasteiger partial charge in [-0.2, -0.15) is 0 Å². The van der Waals surface area contributed by atoms with Gasteiger partial charge < -0.3 is 5.11 Å². The summed E-state index contributed by atoms with van der Waals surface area (Å²) in [5, 5.41) is 22.4. The minimum absolute atomic E-state index is 0.379. The summed E-state index contributed by atoms with van der Waals surface area (Å²) in [5.74, 6) is 0. The fraction of sp³-hybridized carbons (Fsp3) is 0.462. The van der Waals surface area contributed by atoms with E-state index in [-0.39, 0.29) is 6.10 Å². The molecule has 1 fully saturated rings. The molecule has 0 saturated heterocycles. The first-order chi connectivity index (χ1) is 9.28. The maximum atomic E-state index is 9.76. The van der Waals surface area contributed by atoms with E-state index in [2.05, 4.69) is 15.5 Å². The molecule has 1 aromatic heterocycles. The van der Waals surface area contributed by atoms with Crippen molar-refractivity contribution in [1.82, 2.24) is 20.2 Å². The molecule has 1 heterocycles. The van der Waals surface area contributed by atoms with Crippen LogP contribution in [0.1, 0.15) is 43.9 Å². The molecular weight excluding hydrogens is 260 g/mol. The lowest BCUT2D eigenvalue weighted by atomic mass is 10.1. The average Bonchev–Trinajstić information content (AvgIpc) is 3.19. The standard InChI is InChI=1S/C13H16N4OS/c1-2-12(18)9-3-7-11(8-4-9)19-13-14-15-16-17(13)10-5-6-10/h3-4,7-8,10,12,18H,2,5-6H2,1H3. The molecule has 19 heavy (non-hydrogen) atoms. The van der Waals surface area contributed by atoms with Crippen LogP contribution in [0.5, 0.6) is 0 Å². The highest BCUT2D eigenvalue weighted by Gasteiger charge is 2.28. The van der Waals surface area contributed by atoms with Crippen LogP contribution in [0, 0.1) is 0 Å². The summed E-state index contributed by atoms with van der Waals surface area (Å²) in [4.78, 5) is 1.09. The maximum absolute atomic E-state index is 9.76. The molecule has 100 valence electrons. The number of aliphatic hydroxyl groups excluding tert-OH is 1. The first kappa shape index (κ1) is 12.6. The first-order valence-corrected chi connectivity index (χ1v) is 7.33. The Balaban J connectivity index is 1.74. The molecule has 1 aromatic carbocycles. The van der Waals surface area contributed by atoms with Crippen LogP contribution in [0.2, 0.25) is 0 Å². The quantitative estimate of drug-likeness (QED) is 0.909. The van der Waals surface area contributed by atoms with Crippen LogP contribution in [0.4, 0.5) is 0 Å². The van der Waals surface area contributed by atoms with Gasteiger partial charge in [0.05, 0.1) is 12.1 Å². The number of benzene rings is 1. The smallest absolute Gasteiger partial charge is 0.214 e. The van der Waals surface area contributed by atoms with E-state index < -0.39 is 0 Å². The molecule has 0 aliphatic heterocycles. The number of rotatable bonds is 5. The highest BCUT2D eigenvalue weighted by molar-refractivity contribution is 7.99. The van der Waals surface area contributed by atoms with Crippen molar-refractivity contribution in [2.24, 2.45) is 0 Å². The van der Waals surface area contributed by atoms with Gasteiger partial charge in [-0.15, -0.1) is 5.10 Å². The summed E-state index contributed by atoms with van der Waals surface area (Å²) in [5.41, 5.74) is 0.952. The Morgan fingerprint density at radius 1 is 1.37 bits per heavy atom. The summed E-state index contributed by atoms with van der Waals surface area (Å²) in [6.45, 7) is 1.97. The van der Waals surface area contributed by atoms with Crippen molar-refractivity contribution in [3.63, 3.8) is 0 Å². The molecule has 1 aliphatic carbocycles. The van der Waals surface area contributed by atoms with Gasteiger partial charge >= 0.3 is 0 Å². The second-order valence-corrected chi connectivity index (χ2v) is 5.77. The molecule has 0 bridgehead atoms. The summed E-state index contributed by atoms with van der Waals surface area (Å²) in [7, 11) is 0.